The number of benzene rings is 2. The molecule has 0 bridgehead atoms. The quantitative estimate of drug-likeness (QED) is 0.480. The van der Waals surface area contributed by atoms with Crippen LogP contribution in [0.15, 0.2) is 54.6 Å². The zero-order valence-electron chi connectivity index (χ0n) is 12.3. The van der Waals surface area contributed by atoms with Crippen molar-refractivity contribution in [1.29, 1.82) is 0 Å². The molecule has 0 aliphatic carbocycles. The molecule has 2 rings (SSSR count). The van der Waals surface area contributed by atoms with Crippen LogP contribution >= 0.6 is 0 Å². The maximum absolute atomic E-state index is 12.0. The molecule has 0 heterocycles. The number of esters is 1. The van der Waals surface area contributed by atoms with Crippen LogP contribution in [0.2, 0.25) is 0 Å². The van der Waals surface area contributed by atoms with Crippen molar-refractivity contribution in [2.24, 2.45) is 0 Å². The van der Waals surface area contributed by atoms with Gasteiger partial charge < -0.3 is 9.64 Å². The number of nitro groups is 1. The molecule has 0 spiro atoms. The largest absolute Gasteiger partial charge is 0.452 e. The Hall–Kier alpha value is -3.22. The molecule has 0 fully saturated rings. The van der Waals surface area contributed by atoms with E-state index in [-0.39, 0.29) is 11.3 Å². The van der Waals surface area contributed by atoms with Crippen molar-refractivity contribution in [3.8, 4) is 0 Å². The van der Waals surface area contributed by atoms with Gasteiger partial charge in [-0.25, -0.2) is 4.79 Å². The summed E-state index contributed by atoms with van der Waals surface area (Å²) in [6, 6.07) is 14.3. The van der Waals surface area contributed by atoms with Gasteiger partial charge in [-0.05, 0) is 18.2 Å². The number of nitro benzene ring substituents is 1. The molecule has 7 heteroatoms. The second-order valence-corrected chi connectivity index (χ2v) is 4.64. The number of nitrogens with zero attached hydrogens (tertiary/aromatic N) is 2. The molecule has 0 saturated carbocycles. The van der Waals surface area contributed by atoms with Crippen LogP contribution in [-0.4, -0.2) is 30.5 Å². The Morgan fingerprint density at radius 3 is 2.35 bits per heavy atom. The molecule has 118 valence electrons. The summed E-state index contributed by atoms with van der Waals surface area (Å²) < 4.78 is 4.89. The highest BCUT2D eigenvalue weighted by Gasteiger charge is 2.22. The lowest BCUT2D eigenvalue weighted by molar-refractivity contribution is -0.385. The van der Waals surface area contributed by atoms with Crippen LogP contribution in [0.25, 0.3) is 0 Å². The van der Waals surface area contributed by atoms with Crippen molar-refractivity contribution in [3.63, 3.8) is 0 Å². The van der Waals surface area contributed by atoms with Crippen molar-refractivity contribution in [2.45, 2.75) is 0 Å². The summed E-state index contributed by atoms with van der Waals surface area (Å²) in [5.74, 6) is -1.35. The van der Waals surface area contributed by atoms with Crippen LogP contribution in [-0.2, 0) is 9.53 Å². The Bertz CT molecular complexity index is 730. The van der Waals surface area contributed by atoms with E-state index in [1.54, 1.807) is 31.3 Å². The fourth-order valence-electron chi connectivity index (χ4n) is 1.90. The molecule has 2 aromatic rings. The van der Waals surface area contributed by atoms with Gasteiger partial charge >= 0.3 is 5.97 Å². The molecule has 0 aromatic heterocycles. The van der Waals surface area contributed by atoms with E-state index < -0.39 is 23.4 Å². The minimum atomic E-state index is -0.910. The number of hydrogen-bond acceptors (Lipinski definition) is 5. The van der Waals surface area contributed by atoms with E-state index in [0.29, 0.717) is 5.69 Å². The van der Waals surface area contributed by atoms with Crippen molar-refractivity contribution in [3.05, 3.63) is 70.3 Å². The summed E-state index contributed by atoms with van der Waals surface area (Å²) in [6.45, 7) is -0.504. The number of carbonyl (C=O) groups excluding carboxylic acids is 2. The highest BCUT2D eigenvalue weighted by Crippen LogP contribution is 2.18. The molecular formula is C16H14N2O5. The maximum Gasteiger partial charge on any atom is 0.345 e. The minimum absolute atomic E-state index is 0.187. The first-order chi connectivity index (χ1) is 11.0. The van der Waals surface area contributed by atoms with Gasteiger partial charge in [-0.2, -0.15) is 0 Å². The lowest BCUT2D eigenvalue weighted by Gasteiger charge is -2.17. The molecule has 1 amide bonds. The molecule has 2 aromatic carbocycles. The first kappa shape index (κ1) is 16.2. The average molecular weight is 314 g/mol. The number of hydrogen-bond donors (Lipinski definition) is 0. The van der Waals surface area contributed by atoms with Gasteiger partial charge in [0.15, 0.2) is 6.61 Å². The van der Waals surface area contributed by atoms with E-state index in [0.717, 1.165) is 0 Å². The summed E-state index contributed by atoms with van der Waals surface area (Å²) in [7, 11) is 1.55. The fraction of sp³-hybridized carbons (Fsp3) is 0.125. The monoisotopic (exact) mass is 314 g/mol. The van der Waals surface area contributed by atoms with Crippen LogP contribution < -0.4 is 4.90 Å². The Morgan fingerprint density at radius 1 is 1.09 bits per heavy atom. The third kappa shape index (κ3) is 3.91. The van der Waals surface area contributed by atoms with Crippen molar-refractivity contribution in [2.75, 3.05) is 18.6 Å². The molecule has 0 aliphatic rings. The van der Waals surface area contributed by atoms with Gasteiger partial charge in [0, 0.05) is 18.8 Å². The van der Waals surface area contributed by atoms with Gasteiger partial charge in [0.1, 0.15) is 5.56 Å². The summed E-state index contributed by atoms with van der Waals surface area (Å²) >= 11 is 0. The molecular weight excluding hydrogens is 300 g/mol. The first-order valence-corrected chi connectivity index (χ1v) is 6.73. The Balaban J connectivity index is 2.02. The smallest absolute Gasteiger partial charge is 0.345 e. The number of likely N-dealkylation sites (N-methyl/N-ethyl adjacent to an activating group) is 1. The predicted molar refractivity (Wildman–Crippen MR) is 83.2 cm³/mol. The number of ether oxygens (including phenoxy) is 1. The molecule has 0 N–H and O–H groups in total. The Labute approximate surface area is 132 Å². The standard InChI is InChI=1S/C16H14N2O5/c1-17(12-7-3-2-4-8-12)15(19)11-23-16(20)13-9-5-6-10-14(13)18(21)22/h2-10H,11H2,1H3. The van der Waals surface area contributed by atoms with E-state index in [2.05, 4.69) is 0 Å². The third-order valence-corrected chi connectivity index (χ3v) is 3.16. The van der Waals surface area contributed by atoms with Gasteiger partial charge in [-0.15, -0.1) is 0 Å². The van der Waals surface area contributed by atoms with Crippen LogP contribution in [0.3, 0.4) is 0 Å². The van der Waals surface area contributed by atoms with Crippen LogP contribution in [0.4, 0.5) is 11.4 Å². The number of para-hydroxylation sites is 2. The lowest BCUT2D eigenvalue weighted by Crippen LogP contribution is -2.31. The summed E-state index contributed by atoms with van der Waals surface area (Å²) in [5.41, 5.74) is 0.105. The maximum atomic E-state index is 12.0. The molecule has 0 unspecified atom stereocenters. The lowest BCUT2D eigenvalue weighted by atomic mass is 10.2. The highest BCUT2D eigenvalue weighted by atomic mass is 16.6. The van der Waals surface area contributed by atoms with E-state index >= 15 is 0 Å². The molecule has 0 aliphatic heterocycles. The molecule has 0 saturated heterocycles. The minimum Gasteiger partial charge on any atom is -0.452 e. The normalized spacial score (nSPS) is 9.96. The third-order valence-electron chi connectivity index (χ3n) is 3.16. The molecule has 0 atom stereocenters. The van der Waals surface area contributed by atoms with Crippen molar-refractivity contribution >= 4 is 23.3 Å². The van der Waals surface area contributed by atoms with Gasteiger partial charge in [0.05, 0.1) is 4.92 Å². The second-order valence-electron chi connectivity index (χ2n) is 4.64. The molecule has 23 heavy (non-hydrogen) atoms. The average Bonchev–Trinajstić information content (AvgIpc) is 2.59. The number of anilines is 1. The van der Waals surface area contributed by atoms with E-state index in [1.165, 1.54) is 29.2 Å². The zero-order valence-corrected chi connectivity index (χ0v) is 12.3. The van der Waals surface area contributed by atoms with Crippen LogP contribution in [0.1, 0.15) is 10.4 Å². The summed E-state index contributed by atoms with van der Waals surface area (Å²) in [5, 5.41) is 10.9. The van der Waals surface area contributed by atoms with Gasteiger partial charge in [-0.3, -0.25) is 14.9 Å². The summed E-state index contributed by atoms with van der Waals surface area (Å²) in [4.78, 5) is 35.5. The highest BCUT2D eigenvalue weighted by molar-refractivity contribution is 5.98. The summed E-state index contributed by atoms with van der Waals surface area (Å²) in [6.07, 6.45) is 0. The second kappa shape index (κ2) is 7.17. The Morgan fingerprint density at radius 2 is 1.70 bits per heavy atom. The topological polar surface area (TPSA) is 89.8 Å². The SMILES string of the molecule is CN(C(=O)COC(=O)c1ccccc1[N+](=O)[O-])c1ccccc1. The van der Waals surface area contributed by atoms with Crippen molar-refractivity contribution in [1.82, 2.24) is 0 Å². The van der Waals surface area contributed by atoms with Crippen LogP contribution in [0.5, 0.6) is 0 Å². The van der Waals surface area contributed by atoms with Crippen LogP contribution in [0, 0.1) is 10.1 Å². The number of amides is 1. The number of rotatable bonds is 5. The van der Waals surface area contributed by atoms with E-state index in [4.69, 9.17) is 4.74 Å². The van der Waals surface area contributed by atoms with Gasteiger partial charge in [-0.1, -0.05) is 30.3 Å². The van der Waals surface area contributed by atoms with Gasteiger partial charge in [0.2, 0.25) is 0 Å². The molecule has 0 radical (unpaired) electrons. The fourth-order valence-corrected chi connectivity index (χ4v) is 1.90. The van der Waals surface area contributed by atoms with E-state index in [9.17, 15) is 19.7 Å². The van der Waals surface area contributed by atoms with Crippen molar-refractivity contribution < 1.29 is 19.2 Å². The predicted octanol–water partition coefficient (Wildman–Crippen LogP) is 2.41. The van der Waals surface area contributed by atoms with Gasteiger partial charge in [0.25, 0.3) is 11.6 Å². The first-order valence-electron chi connectivity index (χ1n) is 6.73. The zero-order chi connectivity index (χ0) is 16.8. The number of carbonyl (C=O) groups is 2. The van der Waals surface area contributed by atoms with E-state index in [1.807, 2.05) is 6.07 Å². The molecule has 7 nitrogen and oxygen atoms in total. The Kier molecular flexibility index (Phi) is 5.03.